The van der Waals surface area contributed by atoms with E-state index in [0.29, 0.717) is 5.57 Å². The third-order valence-electron chi connectivity index (χ3n) is 5.76. The number of β-lactam (4-membered cyclic amide) rings is 1. The average Bonchev–Trinajstić information content (AvgIpc) is 3.39. The number of allylic oxidation sites excluding steroid dienone is 1. The van der Waals surface area contributed by atoms with Crippen LogP contribution in [-0.4, -0.2) is 131 Å². The number of nitrogen functional groups attached to an aromatic ring is 1. The Morgan fingerprint density at radius 2 is 1.95 bits per heavy atom. The minimum atomic E-state index is -1.97. The van der Waals surface area contributed by atoms with E-state index in [0.717, 1.165) is 16.2 Å². The number of carbonyl (C=O) groups is 4. The van der Waals surface area contributed by atoms with Crippen LogP contribution in [0.15, 0.2) is 34.5 Å². The smallest absolute Gasteiger partial charge is 0.355 e. The fourth-order valence-electron chi connectivity index (χ4n) is 3.64. The first-order chi connectivity index (χ1) is 19.4. The zero-order valence-corrected chi connectivity index (χ0v) is 22.7. The van der Waals surface area contributed by atoms with Gasteiger partial charge in [0.1, 0.15) is 53.8 Å². The molecule has 0 saturated carbocycles. The van der Waals surface area contributed by atoms with Crippen LogP contribution in [0.3, 0.4) is 0 Å². The first kappa shape index (κ1) is 31.9. The van der Waals surface area contributed by atoms with Gasteiger partial charge in [0.15, 0.2) is 10.8 Å². The van der Waals surface area contributed by atoms with Crippen molar-refractivity contribution in [2.75, 3.05) is 31.3 Å². The van der Waals surface area contributed by atoms with Gasteiger partial charge in [0.25, 0.3) is 11.8 Å². The maximum Gasteiger partial charge on any atom is 0.355 e. The highest BCUT2D eigenvalue weighted by atomic mass is 32.2. The molecular weight excluding hydrogens is 590 g/mol. The number of aromatic nitrogens is 1. The lowest BCUT2D eigenvalue weighted by atomic mass is 10.0. The van der Waals surface area contributed by atoms with Gasteiger partial charge in [-0.05, 0) is 5.57 Å². The second-order valence-corrected chi connectivity index (χ2v) is 10.5. The first-order valence-electron chi connectivity index (χ1n) is 11.7. The molecule has 1 aromatic rings. The molecule has 0 aromatic carbocycles. The molecule has 3 rings (SSSR count). The second-order valence-electron chi connectivity index (χ2n) is 8.51. The molecule has 0 spiro atoms. The number of anilines is 1. The number of nitrogens with one attached hydrogen (secondary N) is 1. The molecule has 0 bridgehead atoms. The molecule has 19 heteroatoms. The Labute approximate surface area is 239 Å². The van der Waals surface area contributed by atoms with E-state index >= 15 is 0 Å². The van der Waals surface area contributed by atoms with Crippen LogP contribution in [0.2, 0.25) is 0 Å². The fraction of sp³-hybridized carbons (Fsp3) is 0.455. The molecular formula is C22H27N5O12S2. The van der Waals surface area contributed by atoms with Crippen LogP contribution < -0.4 is 11.1 Å². The number of carbonyl (C=O) groups excluding carboxylic acids is 3. The van der Waals surface area contributed by atoms with Crippen LogP contribution >= 0.6 is 23.1 Å². The van der Waals surface area contributed by atoms with Crippen molar-refractivity contribution in [1.82, 2.24) is 15.2 Å². The highest BCUT2D eigenvalue weighted by molar-refractivity contribution is 8.00. The van der Waals surface area contributed by atoms with E-state index in [1.807, 2.05) is 0 Å². The van der Waals surface area contributed by atoms with Crippen molar-refractivity contribution in [2.45, 2.75) is 35.8 Å². The van der Waals surface area contributed by atoms with Crippen molar-refractivity contribution in [2.24, 2.45) is 5.16 Å². The molecule has 2 aliphatic heterocycles. The number of nitrogens with zero attached hydrogens (tertiary/aromatic N) is 3. The Balaban J connectivity index is 1.71. The summed E-state index contributed by atoms with van der Waals surface area (Å²) in [7, 11) is 0. The number of nitrogens with two attached hydrogens (primary N) is 1. The molecule has 224 valence electrons. The fourth-order valence-corrected chi connectivity index (χ4v) is 5.53. The number of ether oxygens (including phenoxy) is 1. The number of hydrogen-bond acceptors (Lipinski definition) is 16. The van der Waals surface area contributed by atoms with Crippen molar-refractivity contribution < 1.29 is 59.4 Å². The van der Waals surface area contributed by atoms with E-state index in [2.05, 4.69) is 26.9 Å². The van der Waals surface area contributed by atoms with Crippen molar-refractivity contribution in [3.8, 4) is 0 Å². The van der Waals surface area contributed by atoms with Gasteiger partial charge in [-0.25, -0.2) is 14.6 Å². The van der Waals surface area contributed by atoms with E-state index in [9.17, 15) is 39.6 Å². The minimum Gasteiger partial charge on any atom is -0.479 e. The number of aliphatic hydroxyl groups is 5. The molecule has 1 fully saturated rings. The number of fused-ring (bicyclic) bond motifs is 1. The van der Waals surface area contributed by atoms with Gasteiger partial charge in [0.05, 0.1) is 6.61 Å². The molecule has 3 heterocycles. The van der Waals surface area contributed by atoms with E-state index in [1.165, 1.54) is 23.2 Å². The molecule has 2 aliphatic rings. The van der Waals surface area contributed by atoms with Crippen molar-refractivity contribution in [3.05, 3.63) is 35.0 Å². The van der Waals surface area contributed by atoms with Crippen LogP contribution in [0, 0.1) is 0 Å². The van der Waals surface area contributed by atoms with Crippen molar-refractivity contribution in [1.29, 1.82) is 0 Å². The Morgan fingerprint density at radius 3 is 2.54 bits per heavy atom. The number of carboxylic acid groups (broad SMARTS) is 1. The molecule has 1 aromatic heterocycles. The molecule has 9 N–H and O–H groups in total. The number of carboxylic acids is 1. The summed E-state index contributed by atoms with van der Waals surface area (Å²) in [5.74, 6) is -3.89. The number of amides is 2. The van der Waals surface area contributed by atoms with E-state index in [1.54, 1.807) is 0 Å². The van der Waals surface area contributed by atoms with E-state index < -0.39 is 85.1 Å². The van der Waals surface area contributed by atoms with E-state index in [4.69, 9.17) is 20.7 Å². The lowest BCUT2D eigenvalue weighted by Gasteiger charge is -2.49. The molecule has 17 nitrogen and oxygen atoms in total. The standard InChI is InChI=1S/C22H27N5O12S2/c1-2-8-6-40-20-14(25-18(35)13(26-39-5-12(31)32)9-7-41-22(23)24-9)19(36)27(20)15(8)21(37)38-4-11(30)17(34)16(33)10(29)3-28/h2,7,10-11,14,16-17,20,28-30,33-34H,1,3-6H2,(H2,23,24)(H,25,35)(H,31,32)/b26-13+/t10-,11-,14-,16-,17-,20-/m1/s1. The van der Waals surface area contributed by atoms with Gasteiger partial charge in [-0.2, -0.15) is 0 Å². The third-order valence-corrected chi connectivity index (χ3v) is 7.73. The van der Waals surface area contributed by atoms with Gasteiger partial charge in [-0.3, -0.25) is 14.5 Å². The molecule has 6 atom stereocenters. The zero-order chi connectivity index (χ0) is 30.4. The van der Waals surface area contributed by atoms with Gasteiger partial charge in [-0.1, -0.05) is 17.8 Å². The monoisotopic (exact) mass is 617 g/mol. The first-order valence-corrected chi connectivity index (χ1v) is 13.6. The number of hydrogen-bond donors (Lipinski definition) is 8. The molecule has 0 aliphatic carbocycles. The predicted octanol–water partition coefficient (Wildman–Crippen LogP) is -3.65. The quantitative estimate of drug-likeness (QED) is 0.0432. The summed E-state index contributed by atoms with van der Waals surface area (Å²) < 4.78 is 5.04. The number of thioether (sulfide) groups is 1. The SMILES string of the molecule is C=CC1=C(C(=O)OC[C@@H](O)[C@@H](O)[C@H](O)[C@H](O)CO)N2C(=O)[C@@H](NC(=O)/C(=N/OCC(=O)O)c3csc(N)n3)[C@H]2SC1. The maximum atomic E-state index is 13.1. The normalized spacial score (nSPS) is 21.6. The minimum absolute atomic E-state index is 0.0224. The van der Waals surface area contributed by atoms with Crippen LogP contribution in [0.5, 0.6) is 0 Å². The van der Waals surface area contributed by atoms with E-state index in [-0.39, 0.29) is 22.3 Å². The highest BCUT2D eigenvalue weighted by Crippen LogP contribution is 2.41. The number of esters is 1. The Morgan fingerprint density at radius 1 is 1.27 bits per heavy atom. The van der Waals surface area contributed by atoms with Crippen LogP contribution in [0.25, 0.3) is 0 Å². The lowest BCUT2D eigenvalue weighted by Crippen LogP contribution is -2.71. The Kier molecular flexibility index (Phi) is 10.8. The number of aliphatic hydroxyl groups excluding tert-OH is 5. The summed E-state index contributed by atoms with van der Waals surface area (Å²) in [5.41, 5.74) is 5.24. The zero-order valence-electron chi connectivity index (χ0n) is 21.0. The average molecular weight is 618 g/mol. The van der Waals surface area contributed by atoms with Crippen molar-refractivity contribution in [3.63, 3.8) is 0 Å². The maximum absolute atomic E-state index is 13.1. The second kappa shape index (κ2) is 13.9. The third kappa shape index (κ3) is 7.19. The Bertz CT molecular complexity index is 1250. The van der Waals surface area contributed by atoms with Gasteiger partial charge in [-0.15, -0.1) is 23.1 Å². The predicted molar refractivity (Wildman–Crippen MR) is 141 cm³/mol. The van der Waals surface area contributed by atoms with Crippen LogP contribution in [0.4, 0.5) is 5.13 Å². The largest absolute Gasteiger partial charge is 0.479 e. The van der Waals surface area contributed by atoms with Crippen LogP contribution in [-0.2, 0) is 28.8 Å². The summed E-state index contributed by atoms with van der Waals surface area (Å²) in [6.07, 6.45) is -6.19. The van der Waals surface area contributed by atoms with Gasteiger partial charge < -0.3 is 51.3 Å². The number of rotatable bonds is 14. The Hall–Kier alpha value is -3.59. The summed E-state index contributed by atoms with van der Waals surface area (Å²) >= 11 is 2.17. The topological polar surface area (TPSA) is 275 Å². The number of oxime groups is 1. The molecule has 0 unspecified atom stereocenters. The van der Waals surface area contributed by atoms with Crippen LogP contribution in [0.1, 0.15) is 5.69 Å². The molecule has 0 radical (unpaired) electrons. The molecule has 41 heavy (non-hydrogen) atoms. The summed E-state index contributed by atoms with van der Waals surface area (Å²) in [4.78, 5) is 59.4. The summed E-state index contributed by atoms with van der Waals surface area (Å²) in [6.45, 7) is 1.04. The van der Waals surface area contributed by atoms with Gasteiger partial charge >= 0.3 is 11.9 Å². The van der Waals surface area contributed by atoms with Crippen molar-refractivity contribution >= 4 is 57.7 Å². The molecule has 1 saturated heterocycles. The lowest BCUT2D eigenvalue weighted by molar-refractivity contribution is -0.159. The number of aliphatic carboxylic acids is 1. The summed E-state index contributed by atoms with van der Waals surface area (Å²) in [6, 6.07) is -1.15. The molecule has 2 amide bonds. The van der Waals surface area contributed by atoms with Gasteiger partial charge in [0.2, 0.25) is 6.61 Å². The van der Waals surface area contributed by atoms with Gasteiger partial charge in [0, 0.05) is 11.1 Å². The highest BCUT2D eigenvalue weighted by Gasteiger charge is 2.54. The number of thiazole rings is 1. The summed E-state index contributed by atoms with van der Waals surface area (Å²) in [5, 5.41) is 63.5.